The van der Waals surface area contributed by atoms with Crippen LogP contribution in [-0.2, 0) is 4.79 Å². The summed E-state index contributed by atoms with van der Waals surface area (Å²) in [6, 6.07) is 21.5. The first kappa shape index (κ1) is 28.8. The highest BCUT2D eigenvalue weighted by Crippen LogP contribution is 2.34. The molecule has 2 aromatic heterocycles. The van der Waals surface area contributed by atoms with Crippen LogP contribution in [0.3, 0.4) is 0 Å². The van der Waals surface area contributed by atoms with Crippen LogP contribution >= 0.6 is 0 Å². The number of likely N-dealkylation sites (tertiary alicyclic amines) is 1. The molecule has 0 radical (unpaired) electrons. The van der Waals surface area contributed by atoms with Crippen LogP contribution < -0.4 is 16.4 Å². The summed E-state index contributed by atoms with van der Waals surface area (Å²) >= 11 is 0. The lowest BCUT2D eigenvalue weighted by Crippen LogP contribution is -2.44. The normalized spacial score (nSPS) is 21.6. The summed E-state index contributed by atoms with van der Waals surface area (Å²) in [7, 11) is 0. The lowest BCUT2D eigenvalue weighted by atomic mass is 9.89. The Hall–Kier alpha value is -3.98. The summed E-state index contributed by atoms with van der Waals surface area (Å²) in [4.78, 5) is 30.8. The molecule has 1 aliphatic heterocycles. The first-order chi connectivity index (χ1) is 21.6. The highest BCUT2D eigenvalue weighted by Gasteiger charge is 2.31. The molecule has 0 unspecified atom stereocenters. The van der Waals surface area contributed by atoms with Gasteiger partial charge in [0.2, 0.25) is 11.9 Å². The van der Waals surface area contributed by atoms with Crippen molar-refractivity contribution in [2.24, 2.45) is 5.73 Å². The highest BCUT2D eigenvalue weighted by molar-refractivity contribution is 5.87. The van der Waals surface area contributed by atoms with Gasteiger partial charge in [-0.1, -0.05) is 73.5 Å². The van der Waals surface area contributed by atoms with Crippen molar-refractivity contribution in [3.05, 3.63) is 78.1 Å². The highest BCUT2D eigenvalue weighted by atomic mass is 16.2. The average molecular weight is 593 g/mol. The zero-order valence-corrected chi connectivity index (χ0v) is 25.4. The SMILES string of the molecule is N[C@H]1CC[C@H](Nc2nc(NC3CCN(C(=O)C(c4ccccc4)c4ccccc4)CC3)c3ncn(C4CCCC4)c3n2)CC1. The van der Waals surface area contributed by atoms with Gasteiger partial charge in [0.1, 0.15) is 0 Å². The van der Waals surface area contributed by atoms with Crippen molar-refractivity contribution >= 4 is 28.8 Å². The monoisotopic (exact) mass is 592 g/mol. The van der Waals surface area contributed by atoms with Crippen molar-refractivity contribution in [3.63, 3.8) is 0 Å². The topological polar surface area (TPSA) is 114 Å². The number of hydrogen-bond donors (Lipinski definition) is 3. The Bertz CT molecular complexity index is 1500. The third-order valence-corrected chi connectivity index (χ3v) is 9.90. The van der Waals surface area contributed by atoms with Gasteiger partial charge in [0.25, 0.3) is 0 Å². The van der Waals surface area contributed by atoms with Crippen LogP contribution in [0.2, 0.25) is 0 Å². The van der Waals surface area contributed by atoms with Crippen molar-refractivity contribution < 1.29 is 4.79 Å². The smallest absolute Gasteiger partial charge is 0.234 e. The molecule has 0 atom stereocenters. The van der Waals surface area contributed by atoms with E-state index in [1.807, 2.05) is 47.6 Å². The van der Waals surface area contributed by atoms with Gasteiger partial charge >= 0.3 is 0 Å². The Morgan fingerprint density at radius 1 is 0.773 bits per heavy atom. The van der Waals surface area contributed by atoms with Crippen molar-refractivity contribution in [1.82, 2.24) is 24.4 Å². The van der Waals surface area contributed by atoms with Gasteiger partial charge in [0.05, 0.1) is 12.2 Å². The van der Waals surface area contributed by atoms with Gasteiger partial charge < -0.3 is 25.8 Å². The number of amides is 1. The Balaban J connectivity index is 1.08. The second-order valence-corrected chi connectivity index (χ2v) is 12.9. The van der Waals surface area contributed by atoms with Crippen LogP contribution in [-0.4, -0.2) is 61.5 Å². The van der Waals surface area contributed by atoms with Crippen molar-refractivity contribution in [2.45, 2.75) is 94.3 Å². The number of nitrogens with two attached hydrogens (primary N) is 1. The maximum absolute atomic E-state index is 14.0. The van der Waals surface area contributed by atoms with E-state index < -0.39 is 0 Å². The number of benzene rings is 2. The van der Waals surface area contributed by atoms with Crippen LogP contribution in [0.1, 0.15) is 87.3 Å². The molecule has 2 saturated carbocycles. The van der Waals surface area contributed by atoms with Gasteiger partial charge in [0.15, 0.2) is 17.0 Å². The van der Waals surface area contributed by atoms with E-state index >= 15 is 0 Å². The number of carbonyl (C=O) groups excluding carboxylic acids is 1. The van der Waals surface area contributed by atoms with Gasteiger partial charge in [-0.2, -0.15) is 9.97 Å². The molecule has 1 amide bonds. The fourth-order valence-corrected chi connectivity index (χ4v) is 7.37. The van der Waals surface area contributed by atoms with Gasteiger partial charge in [-0.3, -0.25) is 4.79 Å². The molecule has 1 saturated heterocycles. The molecule has 2 aromatic carbocycles. The van der Waals surface area contributed by atoms with E-state index in [2.05, 4.69) is 39.5 Å². The molecule has 3 fully saturated rings. The van der Waals surface area contributed by atoms with Crippen LogP contribution in [0.4, 0.5) is 11.8 Å². The minimum absolute atomic E-state index is 0.166. The number of hydrogen-bond acceptors (Lipinski definition) is 7. The Morgan fingerprint density at radius 3 is 2.02 bits per heavy atom. The van der Waals surface area contributed by atoms with E-state index in [1.54, 1.807) is 0 Å². The molecule has 44 heavy (non-hydrogen) atoms. The summed E-state index contributed by atoms with van der Waals surface area (Å²) < 4.78 is 2.27. The molecule has 9 heteroatoms. The fraction of sp³-hybridized carbons (Fsp3) is 0.486. The number of aromatic nitrogens is 4. The van der Waals surface area contributed by atoms with Gasteiger partial charge in [-0.05, 0) is 62.5 Å². The summed E-state index contributed by atoms with van der Waals surface area (Å²) in [6.45, 7) is 1.40. The zero-order chi connectivity index (χ0) is 29.9. The van der Waals surface area contributed by atoms with E-state index in [1.165, 1.54) is 25.7 Å². The number of piperidine rings is 1. The predicted molar refractivity (Wildman–Crippen MR) is 175 cm³/mol. The Morgan fingerprint density at radius 2 is 1.39 bits per heavy atom. The molecule has 2 aliphatic carbocycles. The molecule has 4 N–H and O–H groups in total. The van der Waals surface area contributed by atoms with Crippen LogP contribution in [0.15, 0.2) is 67.0 Å². The van der Waals surface area contributed by atoms with Crippen molar-refractivity contribution in [1.29, 1.82) is 0 Å². The lowest BCUT2D eigenvalue weighted by molar-refractivity contribution is -0.132. The molecule has 7 rings (SSSR count). The van der Waals surface area contributed by atoms with Gasteiger partial charge in [-0.25, -0.2) is 4.98 Å². The molecule has 4 aromatic rings. The van der Waals surface area contributed by atoms with E-state index in [4.69, 9.17) is 20.7 Å². The molecular weight excluding hydrogens is 548 g/mol. The molecule has 0 spiro atoms. The molecule has 3 aliphatic rings. The second kappa shape index (κ2) is 12.9. The fourth-order valence-electron chi connectivity index (χ4n) is 7.37. The Labute approximate surface area is 259 Å². The van der Waals surface area contributed by atoms with E-state index in [-0.39, 0.29) is 17.9 Å². The van der Waals surface area contributed by atoms with E-state index in [9.17, 15) is 4.79 Å². The molecular formula is C35H44N8O. The zero-order valence-electron chi connectivity index (χ0n) is 25.4. The number of nitrogens with zero attached hydrogens (tertiary/aromatic N) is 5. The van der Waals surface area contributed by atoms with Gasteiger partial charge in [0, 0.05) is 37.3 Å². The van der Waals surface area contributed by atoms with Crippen LogP contribution in [0, 0.1) is 0 Å². The third-order valence-electron chi connectivity index (χ3n) is 9.90. The number of anilines is 2. The minimum atomic E-state index is -0.300. The summed E-state index contributed by atoms with van der Waals surface area (Å²) in [5.74, 6) is 1.32. The largest absolute Gasteiger partial charge is 0.365 e. The summed E-state index contributed by atoms with van der Waals surface area (Å²) in [5.41, 5.74) is 9.97. The number of fused-ring (bicyclic) bond motifs is 1. The molecule has 9 nitrogen and oxygen atoms in total. The van der Waals surface area contributed by atoms with E-state index in [0.29, 0.717) is 37.2 Å². The van der Waals surface area contributed by atoms with E-state index in [0.717, 1.165) is 66.6 Å². The quantitative estimate of drug-likeness (QED) is 0.235. The predicted octanol–water partition coefficient (Wildman–Crippen LogP) is 5.86. The standard InChI is InChI=1S/C35H44N8O/c36-26-15-17-27(18-16-26)39-35-40-32(31-33(41-35)43(23-37-31)29-13-7-8-14-29)38-28-19-21-42(22-20-28)34(44)30(24-9-3-1-4-10-24)25-11-5-2-6-12-25/h1-6,9-12,23,26-30H,7-8,13-22,36H2,(H2,38,39,40,41)/t26-,27-. The van der Waals surface area contributed by atoms with Crippen LogP contribution in [0.5, 0.6) is 0 Å². The van der Waals surface area contributed by atoms with Crippen LogP contribution in [0.25, 0.3) is 11.2 Å². The number of nitrogens with one attached hydrogen (secondary N) is 2. The second-order valence-electron chi connectivity index (χ2n) is 12.9. The number of imidazole rings is 1. The lowest BCUT2D eigenvalue weighted by Gasteiger charge is -2.35. The third kappa shape index (κ3) is 6.15. The molecule has 3 heterocycles. The first-order valence-corrected chi connectivity index (χ1v) is 16.5. The molecule has 230 valence electrons. The summed E-state index contributed by atoms with van der Waals surface area (Å²) in [5, 5.41) is 7.37. The maximum atomic E-state index is 14.0. The average Bonchev–Trinajstić information content (AvgIpc) is 3.74. The first-order valence-electron chi connectivity index (χ1n) is 16.5. The minimum Gasteiger partial charge on any atom is -0.365 e. The Kier molecular flexibility index (Phi) is 8.46. The van der Waals surface area contributed by atoms with Crippen molar-refractivity contribution in [3.8, 4) is 0 Å². The maximum Gasteiger partial charge on any atom is 0.234 e. The number of rotatable bonds is 8. The van der Waals surface area contributed by atoms with Gasteiger partial charge in [-0.15, -0.1) is 0 Å². The summed E-state index contributed by atoms with van der Waals surface area (Å²) in [6.07, 6.45) is 12.6. The number of carbonyl (C=O) groups is 1. The van der Waals surface area contributed by atoms with Crippen molar-refractivity contribution in [2.75, 3.05) is 23.7 Å². The molecule has 0 bridgehead atoms.